The van der Waals surface area contributed by atoms with Gasteiger partial charge in [0, 0.05) is 21.8 Å². The molecule has 0 amide bonds. The van der Waals surface area contributed by atoms with Crippen molar-refractivity contribution in [3.05, 3.63) is 68.3 Å². The Morgan fingerprint density at radius 2 is 2.11 bits per heavy atom. The molecule has 0 bridgehead atoms. The lowest BCUT2D eigenvalue weighted by Crippen LogP contribution is -2.25. The Balaban J connectivity index is 2.32. The first-order valence-corrected chi connectivity index (χ1v) is 6.42. The number of hydrogen-bond acceptors (Lipinski definition) is 2. The molecule has 0 saturated heterocycles. The maximum atomic E-state index is 13.0. The molecule has 1 heterocycles. The highest BCUT2D eigenvalue weighted by Gasteiger charge is 2.10. The van der Waals surface area contributed by atoms with Gasteiger partial charge in [0.1, 0.15) is 5.82 Å². The number of aromatic nitrogens is 1. The minimum Gasteiger partial charge on any atom is -0.306 e. The number of halogens is 2. The van der Waals surface area contributed by atoms with Crippen molar-refractivity contribution in [3.8, 4) is 0 Å². The summed E-state index contributed by atoms with van der Waals surface area (Å²) in [5, 5.41) is 0. The molecule has 19 heavy (non-hydrogen) atoms. The van der Waals surface area contributed by atoms with Gasteiger partial charge in [0.25, 0.3) is 5.56 Å². The number of nitrogens with zero attached hydrogens (tertiary/aromatic N) is 1. The van der Waals surface area contributed by atoms with Gasteiger partial charge in [-0.15, -0.1) is 0 Å². The quantitative estimate of drug-likeness (QED) is 0.815. The van der Waals surface area contributed by atoms with Crippen molar-refractivity contribution in [1.29, 1.82) is 0 Å². The van der Waals surface area contributed by atoms with Crippen LogP contribution in [-0.4, -0.2) is 10.4 Å². The van der Waals surface area contributed by atoms with Crippen LogP contribution in [0.3, 0.4) is 0 Å². The Hall–Kier alpha value is -1.75. The van der Waals surface area contributed by atoms with Crippen LogP contribution in [0.4, 0.5) is 4.39 Å². The standard InChI is InChI=1S/C14H11BrFNO2/c1-9-5-11(15)7-17(14(9)19)8-13(18)10-3-2-4-12(16)6-10/h2-7H,8H2,1H3. The zero-order valence-electron chi connectivity index (χ0n) is 10.2. The molecule has 2 rings (SSSR count). The first-order valence-electron chi connectivity index (χ1n) is 5.63. The number of rotatable bonds is 3. The van der Waals surface area contributed by atoms with E-state index >= 15 is 0 Å². The summed E-state index contributed by atoms with van der Waals surface area (Å²) >= 11 is 3.27. The fourth-order valence-electron chi connectivity index (χ4n) is 1.77. The van der Waals surface area contributed by atoms with Crippen LogP contribution in [0.1, 0.15) is 15.9 Å². The first-order chi connectivity index (χ1) is 8.97. The molecule has 98 valence electrons. The lowest BCUT2D eigenvalue weighted by Gasteiger charge is -2.07. The minimum absolute atomic E-state index is 0.109. The van der Waals surface area contributed by atoms with Crippen molar-refractivity contribution < 1.29 is 9.18 Å². The average molecular weight is 324 g/mol. The predicted molar refractivity (Wildman–Crippen MR) is 73.9 cm³/mol. The van der Waals surface area contributed by atoms with Gasteiger partial charge >= 0.3 is 0 Å². The molecule has 0 N–H and O–H groups in total. The van der Waals surface area contributed by atoms with Crippen LogP contribution in [0.15, 0.2) is 45.8 Å². The predicted octanol–water partition coefficient (Wildman–Crippen LogP) is 2.94. The summed E-state index contributed by atoms with van der Waals surface area (Å²) in [5.74, 6) is -0.775. The zero-order valence-corrected chi connectivity index (χ0v) is 11.8. The van der Waals surface area contributed by atoms with Crippen LogP contribution in [0.25, 0.3) is 0 Å². The fraction of sp³-hybridized carbons (Fsp3) is 0.143. The Bertz CT molecular complexity index is 694. The van der Waals surface area contributed by atoms with Crippen molar-refractivity contribution >= 4 is 21.7 Å². The number of hydrogen-bond donors (Lipinski definition) is 0. The number of benzene rings is 1. The van der Waals surface area contributed by atoms with Crippen LogP contribution in [0.5, 0.6) is 0 Å². The van der Waals surface area contributed by atoms with E-state index in [1.165, 1.54) is 22.8 Å². The van der Waals surface area contributed by atoms with Crippen LogP contribution in [-0.2, 0) is 6.54 Å². The molecule has 0 unspecified atom stereocenters. The highest BCUT2D eigenvalue weighted by atomic mass is 79.9. The van der Waals surface area contributed by atoms with E-state index in [1.807, 2.05) is 0 Å². The van der Waals surface area contributed by atoms with E-state index < -0.39 is 5.82 Å². The summed E-state index contributed by atoms with van der Waals surface area (Å²) < 4.78 is 15.1. The number of ketones is 1. The summed E-state index contributed by atoms with van der Waals surface area (Å²) in [6, 6.07) is 7.12. The lowest BCUT2D eigenvalue weighted by atomic mass is 10.1. The summed E-state index contributed by atoms with van der Waals surface area (Å²) in [7, 11) is 0. The Morgan fingerprint density at radius 3 is 2.79 bits per heavy atom. The second kappa shape index (κ2) is 5.48. The molecule has 3 nitrogen and oxygen atoms in total. The van der Waals surface area contributed by atoms with Gasteiger partial charge in [0.2, 0.25) is 0 Å². The van der Waals surface area contributed by atoms with Gasteiger partial charge < -0.3 is 4.57 Å². The van der Waals surface area contributed by atoms with Crippen molar-refractivity contribution in [2.24, 2.45) is 0 Å². The SMILES string of the molecule is Cc1cc(Br)cn(CC(=O)c2cccc(F)c2)c1=O. The first kappa shape index (κ1) is 13.7. The summed E-state index contributed by atoms with van der Waals surface area (Å²) in [5.41, 5.74) is 0.568. The van der Waals surface area contributed by atoms with E-state index in [4.69, 9.17) is 0 Å². The Labute approximate surface area is 117 Å². The van der Waals surface area contributed by atoms with Gasteiger partial charge in [-0.2, -0.15) is 0 Å². The average Bonchev–Trinajstić information content (AvgIpc) is 2.35. The molecule has 1 aromatic carbocycles. The smallest absolute Gasteiger partial charge is 0.253 e. The molecular formula is C14H11BrFNO2. The third-order valence-corrected chi connectivity index (χ3v) is 3.13. The van der Waals surface area contributed by atoms with E-state index in [1.54, 1.807) is 19.2 Å². The number of pyridine rings is 1. The van der Waals surface area contributed by atoms with E-state index in [-0.39, 0.29) is 23.5 Å². The summed E-state index contributed by atoms with van der Waals surface area (Å²) in [6.45, 7) is 1.57. The van der Waals surface area contributed by atoms with Crippen LogP contribution >= 0.6 is 15.9 Å². The molecule has 0 spiro atoms. The van der Waals surface area contributed by atoms with E-state index in [9.17, 15) is 14.0 Å². The second-order valence-electron chi connectivity index (χ2n) is 4.21. The molecule has 2 aromatic rings. The second-order valence-corrected chi connectivity index (χ2v) is 5.12. The van der Waals surface area contributed by atoms with Crippen molar-refractivity contribution in [3.63, 3.8) is 0 Å². The van der Waals surface area contributed by atoms with Gasteiger partial charge in [-0.25, -0.2) is 4.39 Å². The molecule has 0 aliphatic rings. The number of Topliss-reactive ketones (excluding diaryl/α,β-unsaturated/α-hetero) is 1. The molecule has 0 fully saturated rings. The van der Waals surface area contributed by atoms with Crippen LogP contribution < -0.4 is 5.56 Å². The van der Waals surface area contributed by atoms with Crippen molar-refractivity contribution in [2.45, 2.75) is 13.5 Å². The Morgan fingerprint density at radius 1 is 1.37 bits per heavy atom. The Kier molecular flexibility index (Phi) is 3.95. The van der Waals surface area contributed by atoms with E-state index in [0.717, 1.165) is 10.5 Å². The van der Waals surface area contributed by atoms with Crippen LogP contribution in [0.2, 0.25) is 0 Å². The van der Waals surface area contributed by atoms with Crippen molar-refractivity contribution in [1.82, 2.24) is 4.57 Å². The molecule has 5 heteroatoms. The zero-order chi connectivity index (χ0) is 14.0. The third kappa shape index (κ3) is 3.17. The summed E-state index contributed by atoms with van der Waals surface area (Å²) in [4.78, 5) is 23.9. The van der Waals surface area contributed by atoms with Crippen molar-refractivity contribution in [2.75, 3.05) is 0 Å². The topological polar surface area (TPSA) is 39.1 Å². The number of carbonyl (C=O) groups excluding carboxylic acids is 1. The summed E-state index contributed by atoms with van der Waals surface area (Å²) in [6.07, 6.45) is 1.55. The molecule has 0 aliphatic carbocycles. The normalized spacial score (nSPS) is 10.5. The van der Waals surface area contributed by atoms with Gasteiger partial charge in [-0.1, -0.05) is 12.1 Å². The van der Waals surface area contributed by atoms with Gasteiger partial charge in [0.15, 0.2) is 5.78 Å². The molecular weight excluding hydrogens is 313 g/mol. The molecule has 0 atom stereocenters. The molecule has 1 aromatic heterocycles. The van der Waals surface area contributed by atoms with Gasteiger partial charge in [-0.3, -0.25) is 9.59 Å². The van der Waals surface area contributed by atoms with E-state index in [2.05, 4.69) is 15.9 Å². The highest BCUT2D eigenvalue weighted by Crippen LogP contribution is 2.10. The molecule has 0 saturated carbocycles. The third-order valence-electron chi connectivity index (χ3n) is 2.69. The van der Waals surface area contributed by atoms with Gasteiger partial charge in [0.05, 0.1) is 6.54 Å². The number of aryl methyl sites for hydroxylation is 1. The highest BCUT2D eigenvalue weighted by molar-refractivity contribution is 9.10. The van der Waals surface area contributed by atoms with Crippen LogP contribution in [0, 0.1) is 12.7 Å². The molecule has 0 aliphatic heterocycles. The minimum atomic E-state index is -0.469. The fourth-order valence-corrected chi connectivity index (χ4v) is 2.36. The largest absolute Gasteiger partial charge is 0.306 e. The van der Waals surface area contributed by atoms with Gasteiger partial charge in [-0.05, 0) is 41.1 Å². The monoisotopic (exact) mass is 323 g/mol. The lowest BCUT2D eigenvalue weighted by molar-refractivity contribution is 0.0970. The number of carbonyl (C=O) groups is 1. The van der Waals surface area contributed by atoms with E-state index in [0.29, 0.717) is 5.56 Å². The maximum absolute atomic E-state index is 13.0. The maximum Gasteiger partial charge on any atom is 0.253 e. The molecule has 0 radical (unpaired) electrons.